The minimum atomic E-state index is -0.207. The van der Waals surface area contributed by atoms with Gasteiger partial charge in [0.25, 0.3) is 5.56 Å². The van der Waals surface area contributed by atoms with Gasteiger partial charge in [0.05, 0.1) is 10.9 Å². The lowest BCUT2D eigenvalue weighted by molar-refractivity contribution is -0.116. The average Bonchev–Trinajstić information content (AvgIpc) is 3.15. The van der Waals surface area contributed by atoms with E-state index in [0.717, 1.165) is 10.4 Å². The molecule has 30 heavy (non-hydrogen) atoms. The third-order valence-electron chi connectivity index (χ3n) is 4.43. The third-order valence-corrected chi connectivity index (χ3v) is 5.93. The van der Waals surface area contributed by atoms with Crippen LogP contribution in [0.1, 0.15) is 22.7 Å². The van der Waals surface area contributed by atoms with Crippen LogP contribution in [-0.4, -0.2) is 20.9 Å². The third kappa shape index (κ3) is 4.87. The Bertz CT molecular complexity index is 1290. The monoisotopic (exact) mass is 458 g/mol. The van der Waals surface area contributed by atoms with E-state index < -0.39 is 0 Å². The summed E-state index contributed by atoms with van der Waals surface area (Å²) in [5, 5.41) is 5.01. The van der Waals surface area contributed by atoms with Crippen LogP contribution in [0.3, 0.4) is 0 Å². The summed E-state index contributed by atoms with van der Waals surface area (Å²) in [6, 6.07) is 12.5. The quantitative estimate of drug-likeness (QED) is 0.432. The number of H-pyrrole nitrogens is 1. The van der Waals surface area contributed by atoms with Crippen LogP contribution in [-0.2, 0) is 17.6 Å². The molecule has 0 aliphatic heterocycles. The van der Waals surface area contributed by atoms with Gasteiger partial charge in [0, 0.05) is 40.4 Å². The smallest absolute Gasteiger partial charge is 0.258 e. The normalized spacial score (nSPS) is 11.0. The maximum absolute atomic E-state index is 12.3. The number of nitrogens with one attached hydrogen (secondary N) is 2. The van der Waals surface area contributed by atoms with Crippen LogP contribution >= 0.6 is 34.5 Å². The van der Waals surface area contributed by atoms with Gasteiger partial charge in [-0.25, -0.2) is 9.97 Å². The molecule has 4 aromatic rings. The number of carbonyl (C=O) groups is 1. The maximum atomic E-state index is 12.3. The molecule has 2 aromatic carbocycles. The molecule has 0 unspecified atom stereocenters. The van der Waals surface area contributed by atoms with Gasteiger partial charge in [-0.2, -0.15) is 0 Å². The molecular formula is C21H16Cl2N4O2S. The molecule has 0 aliphatic carbocycles. The zero-order valence-corrected chi connectivity index (χ0v) is 17.9. The Labute approximate surface area is 185 Å². The fourth-order valence-electron chi connectivity index (χ4n) is 2.97. The van der Waals surface area contributed by atoms with Crippen LogP contribution in [0.2, 0.25) is 10.0 Å². The molecular weight excluding hydrogens is 443 g/mol. The first-order valence-electron chi connectivity index (χ1n) is 9.14. The van der Waals surface area contributed by atoms with Crippen LogP contribution in [0.5, 0.6) is 0 Å². The van der Waals surface area contributed by atoms with E-state index in [1.807, 2.05) is 12.1 Å². The highest BCUT2D eigenvalue weighted by molar-refractivity contribution is 7.15. The Morgan fingerprint density at radius 3 is 2.83 bits per heavy atom. The average molecular weight is 459 g/mol. The van der Waals surface area contributed by atoms with Crippen molar-refractivity contribution >= 4 is 56.5 Å². The maximum Gasteiger partial charge on any atom is 0.258 e. The first-order chi connectivity index (χ1) is 14.5. The number of carbonyl (C=O) groups excluding carboxylic acids is 1. The van der Waals surface area contributed by atoms with Crippen LogP contribution in [0, 0.1) is 0 Å². The summed E-state index contributed by atoms with van der Waals surface area (Å²) in [6.45, 7) is 0. The minimum absolute atomic E-state index is 0.180. The predicted molar refractivity (Wildman–Crippen MR) is 121 cm³/mol. The molecule has 2 heterocycles. The van der Waals surface area contributed by atoms with Crippen molar-refractivity contribution in [2.45, 2.75) is 19.3 Å². The summed E-state index contributed by atoms with van der Waals surface area (Å²) in [5.74, 6) is 0.280. The Balaban J connectivity index is 1.36. The van der Waals surface area contributed by atoms with Crippen molar-refractivity contribution in [1.29, 1.82) is 0 Å². The number of aryl methyl sites for hydroxylation is 1. The summed E-state index contributed by atoms with van der Waals surface area (Å²) in [5.41, 5.74) is 1.34. The molecule has 1 amide bonds. The van der Waals surface area contributed by atoms with Crippen molar-refractivity contribution in [2.24, 2.45) is 0 Å². The highest BCUT2D eigenvalue weighted by Gasteiger charge is 2.11. The summed E-state index contributed by atoms with van der Waals surface area (Å²) in [7, 11) is 0. The van der Waals surface area contributed by atoms with Gasteiger partial charge in [0.2, 0.25) is 5.91 Å². The van der Waals surface area contributed by atoms with E-state index in [-0.39, 0.29) is 17.9 Å². The molecule has 0 bridgehead atoms. The van der Waals surface area contributed by atoms with Crippen LogP contribution in [0.4, 0.5) is 5.13 Å². The van der Waals surface area contributed by atoms with Gasteiger partial charge in [-0.3, -0.25) is 9.59 Å². The number of nitrogens with zero attached hydrogens (tertiary/aromatic N) is 2. The van der Waals surface area contributed by atoms with Crippen molar-refractivity contribution in [1.82, 2.24) is 15.0 Å². The number of hydrogen-bond acceptors (Lipinski definition) is 5. The first-order valence-corrected chi connectivity index (χ1v) is 10.7. The lowest BCUT2D eigenvalue weighted by Gasteiger charge is -2.04. The predicted octanol–water partition coefficient (Wildman–Crippen LogP) is 4.85. The molecule has 0 atom stereocenters. The summed E-state index contributed by atoms with van der Waals surface area (Å²) >= 11 is 13.5. The number of rotatable bonds is 6. The number of para-hydroxylation sites is 1. The van der Waals surface area contributed by atoms with Gasteiger partial charge >= 0.3 is 0 Å². The van der Waals surface area contributed by atoms with Gasteiger partial charge in [0.1, 0.15) is 5.82 Å². The second-order valence-electron chi connectivity index (χ2n) is 6.62. The SMILES string of the molecule is O=C(CCc1nc2ccccc2c(=O)[nH]1)Nc1ncc(Cc2ccc(Cl)cc2Cl)s1. The molecule has 0 spiro atoms. The molecule has 152 valence electrons. The van der Waals surface area contributed by atoms with Gasteiger partial charge < -0.3 is 10.3 Å². The summed E-state index contributed by atoms with van der Waals surface area (Å²) in [6.07, 6.45) is 2.82. The largest absolute Gasteiger partial charge is 0.310 e. The fourth-order valence-corrected chi connectivity index (χ4v) is 4.29. The summed E-state index contributed by atoms with van der Waals surface area (Å²) in [4.78, 5) is 36.8. The van der Waals surface area contributed by atoms with Crippen molar-refractivity contribution in [3.8, 4) is 0 Å². The number of anilines is 1. The topological polar surface area (TPSA) is 87.7 Å². The summed E-state index contributed by atoms with van der Waals surface area (Å²) < 4.78 is 0. The van der Waals surface area contributed by atoms with Crippen LogP contribution in [0.25, 0.3) is 10.9 Å². The van der Waals surface area contributed by atoms with E-state index in [1.54, 1.807) is 36.5 Å². The number of fused-ring (bicyclic) bond motifs is 1. The minimum Gasteiger partial charge on any atom is -0.310 e. The first kappa shape index (κ1) is 20.5. The van der Waals surface area contributed by atoms with E-state index in [2.05, 4.69) is 20.3 Å². The van der Waals surface area contributed by atoms with Gasteiger partial charge in [-0.1, -0.05) is 41.4 Å². The van der Waals surface area contributed by atoms with E-state index >= 15 is 0 Å². The molecule has 6 nitrogen and oxygen atoms in total. The number of aromatic nitrogens is 3. The highest BCUT2D eigenvalue weighted by Crippen LogP contribution is 2.27. The zero-order chi connectivity index (χ0) is 21.1. The van der Waals surface area contributed by atoms with E-state index in [4.69, 9.17) is 23.2 Å². The van der Waals surface area contributed by atoms with Gasteiger partial charge in [-0.15, -0.1) is 11.3 Å². The molecule has 2 aromatic heterocycles. The Hall–Kier alpha value is -2.74. The van der Waals surface area contributed by atoms with E-state index in [1.165, 1.54) is 11.3 Å². The van der Waals surface area contributed by atoms with E-state index in [0.29, 0.717) is 44.7 Å². The molecule has 0 saturated carbocycles. The van der Waals surface area contributed by atoms with Crippen molar-refractivity contribution in [2.75, 3.05) is 5.32 Å². The Kier molecular flexibility index (Phi) is 6.13. The lowest BCUT2D eigenvalue weighted by Crippen LogP contribution is -2.16. The molecule has 0 radical (unpaired) electrons. The Morgan fingerprint density at radius 1 is 1.17 bits per heavy atom. The number of halogens is 2. The molecule has 0 aliphatic rings. The number of thiazole rings is 1. The van der Waals surface area contributed by atoms with Gasteiger partial charge in [-0.05, 0) is 29.8 Å². The number of hydrogen-bond donors (Lipinski definition) is 2. The van der Waals surface area contributed by atoms with Crippen molar-refractivity contribution < 1.29 is 4.79 Å². The molecule has 0 saturated heterocycles. The van der Waals surface area contributed by atoms with Crippen molar-refractivity contribution in [3.05, 3.63) is 85.3 Å². The lowest BCUT2D eigenvalue weighted by atomic mass is 10.1. The van der Waals surface area contributed by atoms with Gasteiger partial charge in [0.15, 0.2) is 5.13 Å². The second-order valence-corrected chi connectivity index (χ2v) is 8.58. The standard InChI is InChI=1S/C21H16Cl2N4O2S/c22-13-6-5-12(16(23)10-13)9-14-11-24-21(30-14)27-19(28)8-7-18-25-17-4-2-1-3-15(17)20(29)26-18/h1-6,10-11H,7-9H2,(H,24,27,28)(H,25,26,29). The molecule has 0 fully saturated rings. The zero-order valence-electron chi connectivity index (χ0n) is 15.6. The van der Waals surface area contributed by atoms with Crippen molar-refractivity contribution in [3.63, 3.8) is 0 Å². The number of aromatic amines is 1. The molecule has 9 heteroatoms. The molecule has 4 rings (SSSR count). The van der Waals surface area contributed by atoms with Crippen LogP contribution in [0.15, 0.2) is 53.5 Å². The second kappa shape index (κ2) is 8.95. The van der Waals surface area contributed by atoms with E-state index in [9.17, 15) is 9.59 Å². The molecule has 2 N–H and O–H groups in total. The fraction of sp³-hybridized carbons (Fsp3) is 0.143. The number of benzene rings is 2. The number of amides is 1. The van der Waals surface area contributed by atoms with Crippen LogP contribution < -0.4 is 10.9 Å². The highest BCUT2D eigenvalue weighted by atomic mass is 35.5. The Morgan fingerprint density at radius 2 is 2.00 bits per heavy atom.